The molecule has 0 spiro atoms. The third-order valence-electron chi connectivity index (χ3n) is 4.61. The second-order valence-corrected chi connectivity index (χ2v) is 12.1. The van der Waals surface area contributed by atoms with Crippen LogP contribution in [0.5, 0.6) is 0 Å². The SMILES string of the molecule is CC[C@@H]1O[C-]=C[C@H]1CO[Si](C(C)C)(C(C)C)C(C)C.[Li+]. The molecular weight excluding hydrogens is 259 g/mol. The van der Waals surface area contributed by atoms with Crippen LogP contribution in [0, 0.1) is 12.2 Å². The minimum absolute atomic E-state index is 0. The molecule has 0 aromatic carbocycles. The van der Waals surface area contributed by atoms with Gasteiger partial charge in [-0.1, -0.05) is 48.5 Å². The third-order valence-corrected chi connectivity index (χ3v) is 10.7. The molecule has 0 fully saturated rings. The standard InChI is InChI=1S/C16H31O2Si.Li/c1-8-16-15(9-10-17-16)11-18-19(12(2)3,13(4)5)14(6)7;/h9,12-16H,8,11H2,1-7H3;/q-1;+1/t15-,16-;/m0./s1. The van der Waals surface area contributed by atoms with Crippen LogP contribution in [-0.2, 0) is 9.16 Å². The first-order chi connectivity index (χ1) is 8.86. The molecule has 1 aliphatic heterocycles. The molecule has 0 amide bonds. The summed E-state index contributed by atoms with van der Waals surface area (Å²) in [6.07, 6.45) is 6.24. The number of hydrogen-bond donors (Lipinski definition) is 0. The Morgan fingerprint density at radius 3 is 2.00 bits per heavy atom. The van der Waals surface area contributed by atoms with Crippen LogP contribution in [0.2, 0.25) is 16.6 Å². The molecule has 0 saturated carbocycles. The number of ether oxygens (including phenoxy) is 1. The van der Waals surface area contributed by atoms with E-state index in [9.17, 15) is 0 Å². The first-order valence-electron chi connectivity index (χ1n) is 7.74. The maximum Gasteiger partial charge on any atom is 1.00 e. The first-order valence-corrected chi connectivity index (χ1v) is 9.88. The van der Waals surface area contributed by atoms with E-state index < -0.39 is 8.32 Å². The van der Waals surface area contributed by atoms with E-state index in [0.29, 0.717) is 22.5 Å². The largest absolute Gasteiger partial charge is 1.00 e. The van der Waals surface area contributed by atoms with Crippen molar-refractivity contribution in [1.82, 2.24) is 0 Å². The second-order valence-electron chi connectivity index (χ2n) is 6.64. The summed E-state index contributed by atoms with van der Waals surface area (Å²) in [7, 11) is -1.74. The molecule has 0 bridgehead atoms. The molecule has 0 aromatic heterocycles. The van der Waals surface area contributed by atoms with E-state index in [2.05, 4.69) is 54.7 Å². The van der Waals surface area contributed by atoms with E-state index in [1.165, 1.54) is 0 Å². The van der Waals surface area contributed by atoms with Gasteiger partial charge < -0.3 is 15.4 Å². The fourth-order valence-corrected chi connectivity index (χ4v) is 9.17. The van der Waals surface area contributed by atoms with Crippen LogP contribution in [0.15, 0.2) is 6.08 Å². The summed E-state index contributed by atoms with van der Waals surface area (Å²) in [4.78, 5) is 0. The predicted octanol–water partition coefficient (Wildman–Crippen LogP) is 1.92. The zero-order valence-electron chi connectivity index (χ0n) is 14.7. The molecule has 0 unspecified atom stereocenters. The van der Waals surface area contributed by atoms with Gasteiger partial charge in [-0.3, -0.25) is 0 Å². The van der Waals surface area contributed by atoms with Crippen molar-refractivity contribution in [1.29, 1.82) is 0 Å². The quantitative estimate of drug-likeness (QED) is 0.527. The van der Waals surface area contributed by atoms with Crippen LogP contribution in [0.3, 0.4) is 0 Å². The monoisotopic (exact) mass is 290 g/mol. The van der Waals surface area contributed by atoms with Crippen molar-refractivity contribution in [2.45, 2.75) is 77.6 Å². The zero-order chi connectivity index (χ0) is 14.6. The van der Waals surface area contributed by atoms with Crippen molar-refractivity contribution >= 4 is 8.32 Å². The topological polar surface area (TPSA) is 18.5 Å². The molecule has 2 atom stereocenters. The van der Waals surface area contributed by atoms with Crippen molar-refractivity contribution in [3.63, 3.8) is 0 Å². The average molecular weight is 290 g/mol. The van der Waals surface area contributed by atoms with Gasteiger partial charge in [0.05, 0.1) is 6.10 Å². The van der Waals surface area contributed by atoms with Gasteiger partial charge in [0.1, 0.15) is 0 Å². The van der Waals surface area contributed by atoms with Gasteiger partial charge in [-0.15, -0.1) is 0 Å². The Bertz CT molecular complexity index is 281. The van der Waals surface area contributed by atoms with Gasteiger partial charge in [-0.2, -0.15) is 0 Å². The molecule has 112 valence electrons. The Morgan fingerprint density at radius 2 is 1.60 bits per heavy atom. The van der Waals surface area contributed by atoms with E-state index in [-0.39, 0.29) is 25.0 Å². The van der Waals surface area contributed by atoms with Gasteiger partial charge in [0.15, 0.2) is 8.32 Å². The maximum atomic E-state index is 6.62. The fourth-order valence-electron chi connectivity index (χ4n) is 3.69. The summed E-state index contributed by atoms with van der Waals surface area (Å²) < 4.78 is 12.1. The molecule has 4 heteroatoms. The molecule has 0 radical (unpaired) electrons. The van der Waals surface area contributed by atoms with Crippen LogP contribution in [0.25, 0.3) is 0 Å². The molecule has 0 saturated heterocycles. The summed E-state index contributed by atoms with van der Waals surface area (Å²) in [5.41, 5.74) is 1.92. The molecule has 2 nitrogen and oxygen atoms in total. The molecule has 1 rings (SSSR count). The Kier molecular flexibility index (Phi) is 8.82. The van der Waals surface area contributed by atoms with E-state index in [1.807, 2.05) is 6.08 Å². The third kappa shape index (κ3) is 4.16. The summed E-state index contributed by atoms with van der Waals surface area (Å²) in [5.74, 6) is 0.383. The molecule has 0 aliphatic carbocycles. The van der Waals surface area contributed by atoms with Gasteiger partial charge >= 0.3 is 18.9 Å². The molecule has 20 heavy (non-hydrogen) atoms. The average Bonchev–Trinajstić information content (AvgIpc) is 2.75. The van der Waals surface area contributed by atoms with Crippen molar-refractivity contribution in [2.75, 3.05) is 6.61 Å². The molecule has 1 heterocycles. The van der Waals surface area contributed by atoms with E-state index in [4.69, 9.17) is 9.16 Å². The zero-order valence-corrected chi connectivity index (χ0v) is 15.7. The first kappa shape index (κ1) is 20.3. The predicted molar refractivity (Wildman–Crippen MR) is 83.5 cm³/mol. The van der Waals surface area contributed by atoms with Crippen LogP contribution in [0.4, 0.5) is 0 Å². The van der Waals surface area contributed by atoms with Gasteiger partial charge in [-0.05, 0) is 23.0 Å². The Balaban J connectivity index is 0.00000361. The van der Waals surface area contributed by atoms with Crippen molar-refractivity contribution in [3.05, 3.63) is 12.3 Å². The van der Waals surface area contributed by atoms with E-state index in [0.717, 1.165) is 13.0 Å². The van der Waals surface area contributed by atoms with Gasteiger partial charge in [0, 0.05) is 12.5 Å². The molecule has 1 aliphatic rings. The van der Waals surface area contributed by atoms with Gasteiger partial charge in [-0.25, -0.2) is 6.08 Å². The maximum absolute atomic E-state index is 6.62. The summed E-state index contributed by atoms with van der Waals surface area (Å²) in [6.45, 7) is 16.9. The minimum Gasteiger partial charge on any atom is -0.691 e. The van der Waals surface area contributed by atoms with E-state index >= 15 is 0 Å². The molecule has 0 N–H and O–H groups in total. The Morgan fingerprint density at radius 1 is 1.10 bits per heavy atom. The van der Waals surface area contributed by atoms with Gasteiger partial charge in [0.2, 0.25) is 0 Å². The van der Waals surface area contributed by atoms with Crippen LogP contribution >= 0.6 is 0 Å². The molecule has 0 aromatic rings. The smallest absolute Gasteiger partial charge is 0.691 e. The fraction of sp³-hybridized carbons (Fsp3) is 0.875. The van der Waals surface area contributed by atoms with Gasteiger partial charge in [0.25, 0.3) is 0 Å². The van der Waals surface area contributed by atoms with Crippen molar-refractivity contribution < 1.29 is 28.0 Å². The van der Waals surface area contributed by atoms with Crippen LogP contribution < -0.4 is 18.9 Å². The number of hydrogen-bond acceptors (Lipinski definition) is 2. The molecular formula is C16H31LiO2Si. The van der Waals surface area contributed by atoms with Crippen LogP contribution in [-0.4, -0.2) is 21.0 Å². The second kappa shape index (κ2) is 8.68. The Hall–Kier alpha value is 0.314. The summed E-state index contributed by atoms with van der Waals surface area (Å²) in [5, 5.41) is 0. The summed E-state index contributed by atoms with van der Waals surface area (Å²) >= 11 is 0. The summed E-state index contributed by atoms with van der Waals surface area (Å²) in [6, 6.07) is 0. The normalized spacial score (nSPS) is 22.5. The van der Waals surface area contributed by atoms with Crippen molar-refractivity contribution in [2.24, 2.45) is 5.92 Å². The Labute approximate surface area is 139 Å². The minimum atomic E-state index is -1.74. The van der Waals surface area contributed by atoms with Crippen molar-refractivity contribution in [3.8, 4) is 0 Å². The van der Waals surface area contributed by atoms with E-state index in [1.54, 1.807) is 0 Å². The van der Waals surface area contributed by atoms with Crippen LogP contribution in [0.1, 0.15) is 54.9 Å². The number of rotatable bonds is 7.